The molecule has 3 fully saturated rings. The second-order valence-corrected chi connectivity index (χ2v) is 7.05. The fourth-order valence-electron chi connectivity index (χ4n) is 4.46. The van der Waals surface area contributed by atoms with Gasteiger partial charge in [-0.1, -0.05) is 6.42 Å². The highest BCUT2D eigenvalue weighted by Crippen LogP contribution is 2.39. The van der Waals surface area contributed by atoms with Gasteiger partial charge in [0.2, 0.25) is 11.8 Å². The number of fused-ring (bicyclic) bond motifs is 2. The number of piperidine rings is 1. The van der Waals surface area contributed by atoms with E-state index >= 15 is 0 Å². The Morgan fingerprint density at radius 3 is 2.57 bits per heavy atom. The van der Waals surface area contributed by atoms with E-state index in [2.05, 4.69) is 5.32 Å². The van der Waals surface area contributed by atoms with Gasteiger partial charge in [0, 0.05) is 25.0 Å². The van der Waals surface area contributed by atoms with Crippen LogP contribution in [0.1, 0.15) is 51.4 Å². The Hall–Kier alpha value is -1.10. The first-order valence-electron chi connectivity index (χ1n) is 8.46. The molecule has 3 aliphatic rings. The predicted octanol–water partition coefficient (Wildman–Crippen LogP) is 1.02. The second kappa shape index (κ2) is 6.34. The van der Waals surface area contributed by atoms with Crippen LogP contribution in [-0.2, 0) is 9.59 Å². The van der Waals surface area contributed by atoms with E-state index in [1.54, 1.807) is 4.90 Å². The summed E-state index contributed by atoms with van der Waals surface area (Å²) in [5, 5.41) is 3.22. The first kappa shape index (κ1) is 14.8. The van der Waals surface area contributed by atoms with Gasteiger partial charge >= 0.3 is 0 Å². The maximum atomic E-state index is 12.3. The molecule has 5 nitrogen and oxygen atoms in total. The smallest absolute Gasteiger partial charge is 0.239 e. The lowest BCUT2D eigenvalue weighted by molar-refractivity contribution is -0.138. The molecule has 3 N–H and O–H groups in total. The number of likely N-dealkylation sites (tertiary alicyclic amines) is 1. The fourth-order valence-corrected chi connectivity index (χ4v) is 4.46. The van der Waals surface area contributed by atoms with Gasteiger partial charge < -0.3 is 16.0 Å². The molecule has 5 heteroatoms. The normalized spacial score (nSPS) is 36.4. The summed E-state index contributed by atoms with van der Waals surface area (Å²) in [7, 11) is 0. The number of hydrogen-bond donors (Lipinski definition) is 2. The summed E-state index contributed by atoms with van der Waals surface area (Å²) in [6.07, 6.45) is 8.25. The molecule has 0 spiro atoms. The highest BCUT2D eigenvalue weighted by atomic mass is 16.2. The van der Waals surface area contributed by atoms with Gasteiger partial charge in [-0.2, -0.15) is 0 Å². The van der Waals surface area contributed by atoms with Crippen LogP contribution in [0, 0.1) is 11.8 Å². The van der Waals surface area contributed by atoms with Crippen LogP contribution in [0.25, 0.3) is 0 Å². The molecule has 21 heavy (non-hydrogen) atoms. The van der Waals surface area contributed by atoms with Gasteiger partial charge in [0.05, 0.1) is 6.54 Å². The standard InChI is InChI=1S/C16H27N3O2/c17-13-8-11-4-3-5-12(9-13)16(11)18-14(20)10-19-7-2-1-6-15(19)21/h11-13,16H,1-10,17H2,(H,18,20). The van der Waals surface area contributed by atoms with Crippen molar-refractivity contribution in [1.29, 1.82) is 0 Å². The minimum atomic E-state index is 0.0163. The molecule has 1 heterocycles. The molecular weight excluding hydrogens is 266 g/mol. The molecule has 0 aromatic heterocycles. The van der Waals surface area contributed by atoms with Gasteiger partial charge in [0.15, 0.2) is 0 Å². The van der Waals surface area contributed by atoms with E-state index in [-0.39, 0.29) is 24.4 Å². The van der Waals surface area contributed by atoms with Crippen LogP contribution in [0.3, 0.4) is 0 Å². The summed E-state index contributed by atoms with van der Waals surface area (Å²) < 4.78 is 0. The van der Waals surface area contributed by atoms with Gasteiger partial charge in [0.25, 0.3) is 0 Å². The van der Waals surface area contributed by atoms with Gasteiger partial charge in [0.1, 0.15) is 0 Å². The molecule has 118 valence electrons. The first-order valence-corrected chi connectivity index (χ1v) is 8.46. The minimum Gasteiger partial charge on any atom is -0.351 e. The Kier molecular flexibility index (Phi) is 4.48. The number of carbonyl (C=O) groups is 2. The van der Waals surface area contributed by atoms with E-state index in [0.717, 1.165) is 32.2 Å². The SMILES string of the molecule is NC1CC2CCCC(C1)C2NC(=O)CN1CCCCC1=O. The molecule has 2 saturated carbocycles. The van der Waals surface area contributed by atoms with Crippen LogP contribution in [0.2, 0.25) is 0 Å². The number of rotatable bonds is 3. The van der Waals surface area contributed by atoms with Crippen molar-refractivity contribution in [2.24, 2.45) is 17.6 Å². The quantitative estimate of drug-likeness (QED) is 0.816. The van der Waals surface area contributed by atoms with Crippen molar-refractivity contribution < 1.29 is 9.59 Å². The monoisotopic (exact) mass is 293 g/mol. The molecule has 2 bridgehead atoms. The summed E-state index contributed by atoms with van der Waals surface area (Å²) in [5.41, 5.74) is 6.12. The van der Waals surface area contributed by atoms with Crippen molar-refractivity contribution in [1.82, 2.24) is 10.2 Å². The topological polar surface area (TPSA) is 75.4 Å². The maximum Gasteiger partial charge on any atom is 0.239 e. The van der Waals surface area contributed by atoms with Crippen molar-refractivity contribution in [3.8, 4) is 0 Å². The Balaban J connectivity index is 1.55. The van der Waals surface area contributed by atoms with Gasteiger partial charge in [-0.15, -0.1) is 0 Å². The Bertz CT molecular complexity index is 398. The Morgan fingerprint density at radius 1 is 1.19 bits per heavy atom. The molecular formula is C16H27N3O2. The lowest BCUT2D eigenvalue weighted by Crippen LogP contribution is -2.55. The zero-order valence-corrected chi connectivity index (χ0v) is 12.7. The number of nitrogens with two attached hydrogens (primary N) is 1. The fraction of sp³-hybridized carbons (Fsp3) is 0.875. The van der Waals surface area contributed by atoms with Crippen LogP contribution in [0.5, 0.6) is 0 Å². The minimum absolute atomic E-state index is 0.0163. The molecule has 1 saturated heterocycles. The molecule has 0 aromatic carbocycles. The van der Waals surface area contributed by atoms with E-state index in [0.29, 0.717) is 24.3 Å². The Labute approximate surface area is 126 Å². The molecule has 3 rings (SSSR count). The van der Waals surface area contributed by atoms with Gasteiger partial charge in [-0.3, -0.25) is 9.59 Å². The van der Waals surface area contributed by atoms with E-state index < -0.39 is 0 Å². The summed E-state index contributed by atoms with van der Waals surface area (Å²) in [5.74, 6) is 1.21. The number of nitrogens with zero attached hydrogens (tertiary/aromatic N) is 1. The average molecular weight is 293 g/mol. The number of nitrogens with one attached hydrogen (secondary N) is 1. The summed E-state index contributed by atoms with van der Waals surface area (Å²) in [4.78, 5) is 25.8. The van der Waals surface area contributed by atoms with Crippen molar-refractivity contribution in [3.05, 3.63) is 0 Å². The van der Waals surface area contributed by atoms with Crippen LogP contribution < -0.4 is 11.1 Å². The Morgan fingerprint density at radius 2 is 1.90 bits per heavy atom. The predicted molar refractivity (Wildman–Crippen MR) is 80.4 cm³/mol. The lowest BCUT2D eigenvalue weighted by Gasteiger charge is -2.45. The molecule has 2 amide bonds. The third-order valence-electron chi connectivity index (χ3n) is 5.46. The highest BCUT2D eigenvalue weighted by Gasteiger charge is 2.40. The second-order valence-electron chi connectivity index (χ2n) is 7.05. The van der Waals surface area contributed by atoms with Gasteiger partial charge in [-0.05, 0) is 50.4 Å². The van der Waals surface area contributed by atoms with E-state index in [4.69, 9.17) is 5.73 Å². The van der Waals surface area contributed by atoms with Crippen LogP contribution in [0.4, 0.5) is 0 Å². The summed E-state index contributed by atoms with van der Waals surface area (Å²) in [6.45, 7) is 0.968. The average Bonchev–Trinajstić information content (AvgIpc) is 2.42. The van der Waals surface area contributed by atoms with Crippen molar-refractivity contribution in [2.45, 2.75) is 63.5 Å². The van der Waals surface area contributed by atoms with Crippen LogP contribution >= 0.6 is 0 Å². The number of carbonyl (C=O) groups excluding carboxylic acids is 2. The van der Waals surface area contributed by atoms with Crippen molar-refractivity contribution >= 4 is 11.8 Å². The zero-order valence-electron chi connectivity index (χ0n) is 12.7. The molecule has 2 atom stereocenters. The van der Waals surface area contributed by atoms with Crippen LogP contribution in [-0.4, -0.2) is 41.9 Å². The first-order chi connectivity index (χ1) is 10.1. The third-order valence-corrected chi connectivity index (χ3v) is 5.46. The molecule has 2 unspecified atom stereocenters. The maximum absolute atomic E-state index is 12.3. The van der Waals surface area contributed by atoms with Gasteiger partial charge in [-0.25, -0.2) is 0 Å². The molecule has 0 radical (unpaired) electrons. The lowest BCUT2D eigenvalue weighted by atomic mass is 9.67. The van der Waals surface area contributed by atoms with E-state index in [1.165, 1.54) is 19.3 Å². The summed E-state index contributed by atoms with van der Waals surface area (Å²) in [6, 6.07) is 0.586. The van der Waals surface area contributed by atoms with Crippen molar-refractivity contribution in [2.75, 3.05) is 13.1 Å². The van der Waals surface area contributed by atoms with E-state index in [9.17, 15) is 9.59 Å². The largest absolute Gasteiger partial charge is 0.351 e. The zero-order chi connectivity index (χ0) is 14.8. The number of hydrogen-bond acceptors (Lipinski definition) is 3. The van der Waals surface area contributed by atoms with Crippen molar-refractivity contribution in [3.63, 3.8) is 0 Å². The molecule has 1 aliphatic heterocycles. The third kappa shape index (κ3) is 3.39. The molecule has 0 aromatic rings. The number of amides is 2. The van der Waals surface area contributed by atoms with Crippen LogP contribution in [0.15, 0.2) is 0 Å². The molecule has 2 aliphatic carbocycles. The van der Waals surface area contributed by atoms with E-state index in [1.807, 2.05) is 0 Å². The highest BCUT2D eigenvalue weighted by molar-refractivity contribution is 5.85. The summed E-state index contributed by atoms with van der Waals surface area (Å²) >= 11 is 0.